The number of alkyl halides is 3. The fourth-order valence-corrected chi connectivity index (χ4v) is 2.63. The number of carboxylic acid groups (broad SMARTS) is 1. The van der Waals surface area contributed by atoms with Gasteiger partial charge in [0.1, 0.15) is 0 Å². The number of carbonyl (C=O) groups is 2. The molecule has 2 fully saturated rings. The summed E-state index contributed by atoms with van der Waals surface area (Å²) in [6.45, 7) is 0. The molecule has 2 rings (SSSR count). The van der Waals surface area contributed by atoms with E-state index in [0.717, 1.165) is 0 Å². The fourth-order valence-electron chi connectivity index (χ4n) is 2.63. The van der Waals surface area contributed by atoms with Crippen molar-refractivity contribution in [1.82, 2.24) is 5.32 Å². The molecule has 2 unspecified atom stereocenters. The molecule has 2 atom stereocenters. The zero-order chi connectivity index (χ0) is 14.2. The van der Waals surface area contributed by atoms with Crippen LogP contribution >= 0.6 is 0 Å². The molecular weight excluding hydrogens is 263 g/mol. The second kappa shape index (κ2) is 5.02. The highest BCUT2D eigenvalue weighted by Crippen LogP contribution is 2.40. The molecule has 19 heavy (non-hydrogen) atoms. The topological polar surface area (TPSA) is 66.4 Å². The normalized spacial score (nSPS) is 34.7. The lowest BCUT2D eigenvalue weighted by molar-refractivity contribution is -0.182. The minimum atomic E-state index is -4.15. The van der Waals surface area contributed by atoms with Gasteiger partial charge in [0.15, 0.2) is 0 Å². The maximum atomic E-state index is 12.5. The van der Waals surface area contributed by atoms with Crippen molar-refractivity contribution in [2.24, 2.45) is 17.8 Å². The summed E-state index contributed by atoms with van der Waals surface area (Å²) in [7, 11) is 0. The number of nitrogens with one attached hydrogen (secondary N) is 1. The summed E-state index contributed by atoms with van der Waals surface area (Å²) in [4.78, 5) is 22.3. The molecule has 4 nitrogen and oxygen atoms in total. The summed E-state index contributed by atoms with van der Waals surface area (Å²) in [5.74, 6) is -3.71. The number of hydrogen-bond acceptors (Lipinski definition) is 2. The zero-order valence-corrected chi connectivity index (χ0v) is 10.2. The lowest BCUT2D eigenvalue weighted by Crippen LogP contribution is -2.41. The number of halogens is 3. The van der Waals surface area contributed by atoms with Crippen molar-refractivity contribution in [2.45, 2.75) is 44.3 Å². The quantitative estimate of drug-likeness (QED) is 0.829. The summed E-state index contributed by atoms with van der Waals surface area (Å²) in [6, 6.07) is -0.249. The summed E-state index contributed by atoms with van der Waals surface area (Å²) < 4.78 is 37.4. The largest absolute Gasteiger partial charge is 0.481 e. The highest BCUT2D eigenvalue weighted by Gasteiger charge is 2.49. The molecule has 0 aliphatic heterocycles. The monoisotopic (exact) mass is 279 g/mol. The lowest BCUT2D eigenvalue weighted by Gasteiger charge is -2.30. The molecule has 2 saturated carbocycles. The van der Waals surface area contributed by atoms with E-state index in [0.29, 0.717) is 19.3 Å². The first-order chi connectivity index (χ1) is 8.79. The highest BCUT2D eigenvalue weighted by atomic mass is 19.4. The smallest absolute Gasteiger partial charge is 0.391 e. The molecule has 0 spiro atoms. The molecule has 0 aromatic heterocycles. The van der Waals surface area contributed by atoms with E-state index >= 15 is 0 Å². The summed E-state index contributed by atoms with van der Waals surface area (Å²) in [5.41, 5.74) is 0. The Labute approximate surface area is 108 Å². The van der Waals surface area contributed by atoms with E-state index in [1.165, 1.54) is 0 Å². The van der Waals surface area contributed by atoms with E-state index in [4.69, 9.17) is 5.11 Å². The van der Waals surface area contributed by atoms with Gasteiger partial charge in [-0.25, -0.2) is 0 Å². The van der Waals surface area contributed by atoms with Gasteiger partial charge in [0.2, 0.25) is 5.91 Å². The average molecular weight is 279 g/mol. The summed E-state index contributed by atoms with van der Waals surface area (Å²) in [6.07, 6.45) is -3.15. The van der Waals surface area contributed by atoms with Crippen molar-refractivity contribution < 1.29 is 27.9 Å². The van der Waals surface area contributed by atoms with Crippen LogP contribution in [0.25, 0.3) is 0 Å². The van der Waals surface area contributed by atoms with Crippen molar-refractivity contribution in [3.05, 3.63) is 0 Å². The molecule has 0 heterocycles. The third-order valence-corrected chi connectivity index (χ3v) is 3.98. The Bertz CT molecular complexity index is 375. The van der Waals surface area contributed by atoms with Gasteiger partial charge in [-0.3, -0.25) is 9.59 Å². The number of carbonyl (C=O) groups excluding carboxylic acids is 1. The van der Waals surface area contributed by atoms with Gasteiger partial charge < -0.3 is 10.4 Å². The molecule has 7 heteroatoms. The van der Waals surface area contributed by atoms with Crippen LogP contribution in [0.5, 0.6) is 0 Å². The van der Waals surface area contributed by atoms with Crippen LogP contribution in [0.3, 0.4) is 0 Å². The van der Waals surface area contributed by atoms with E-state index in [-0.39, 0.29) is 24.8 Å². The van der Waals surface area contributed by atoms with Gasteiger partial charge in [0.25, 0.3) is 0 Å². The minimum absolute atomic E-state index is 0.0292. The van der Waals surface area contributed by atoms with E-state index in [1.807, 2.05) is 0 Å². The van der Waals surface area contributed by atoms with E-state index in [9.17, 15) is 22.8 Å². The Kier molecular flexibility index (Phi) is 3.73. The van der Waals surface area contributed by atoms with Crippen LogP contribution in [-0.4, -0.2) is 29.2 Å². The SMILES string of the molecule is O=C(O)C1CC1C(=O)NC1CCC(C(F)(F)F)CC1. The minimum Gasteiger partial charge on any atom is -0.481 e. The lowest BCUT2D eigenvalue weighted by atomic mass is 9.85. The van der Waals surface area contributed by atoms with Gasteiger partial charge in [-0.05, 0) is 32.1 Å². The maximum absolute atomic E-state index is 12.5. The van der Waals surface area contributed by atoms with Crippen LogP contribution in [0.4, 0.5) is 13.2 Å². The van der Waals surface area contributed by atoms with Gasteiger partial charge in [-0.1, -0.05) is 0 Å². The van der Waals surface area contributed by atoms with Crippen LogP contribution in [0.1, 0.15) is 32.1 Å². The highest BCUT2D eigenvalue weighted by molar-refractivity contribution is 5.89. The third kappa shape index (κ3) is 3.39. The summed E-state index contributed by atoms with van der Waals surface area (Å²) in [5, 5.41) is 11.4. The van der Waals surface area contributed by atoms with E-state index in [2.05, 4.69) is 5.32 Å². The Morgan fingerprint density at radius 1 is 1.05 bits per heavy atom. The van der Waals surface area contributed by atoms with E-state index in [1.54, 1.807) is 0 Å². The molecule has 2 aliphatic carbocycles. The zero-order valence-electron chi connectivity index (χ0n) is 10.2. The Morgan fingerprint density at radius 3 is 2.05 bits per heavy atom. The molecule has 2 aliphatic rings. The molecule has 2 N–H and O–H groups in total. The van der Waals surface area contributed by atoms with Crippen molar-refractivity contribution >= 4 is 11.9 Å². The first kappa shape index (κ1) is 14.1. The van der Waals surface area contributed by atoms with E-state index < -0.39 is 29.9 Å². The molecular formula is C12H16F3NO3. The van der Waals surface area contributed by atoms with Crippen molar-refractivity contribution in [3.8, 4) is 0 Å². The van der Waals surface area contributed by atoms with Crippen molar-refractivity contribution in [1.29, 1.82) is 0 Å². The Morgan fingerprint density at radius 2 is 1.63 bits per heavy atom. The molecule has 0 radical (unpaired) electrons. The fraction of sp³-hybridized carbons (Fsp3) is 0.833. The van der Waals surface area contributed by atoms with Crippen molar-refractivity contribution in [3.63, 3.8) is 0 Å². The molecule has 0 aromatic rings. The summed E-state index contributed by atoms with van der Waals surface area (Å²) >= 11 is 0. The van der Waals surface area contributed by atoms with Crippen LogP contribution in [0, 0.1) is 17.8 Å². The Hall–Kier alpha value is -1.27. The standard InChI is InChI=1S/C12H16F3NO3/c13-12(14,15)6-1-3-7(4-2-6)16-10(17)8-5-9(8)11(18)19/h6-9H,1-5H2,(H,16,17)(H,18,19). The third-order valence-electron chi connectivity index (χ3n) is 3.98. The molecule has 0 bridgehead atoms. The number of carboxylic acids is 1. The van der Waals surface area contributed by atoms with Gasteiger partial charge in [0.05, 0.1) is 17.8 Å². The molecule has 0 saturated heterocycles. The van der Waals surface area contributed by atoms with Gasteiger partial charge in [-0.2, -0.15) is 13.2 Å². The van der Waals surface area contributed by atoms with Gasteiger partial charge in [-0.15, -0.1) is 0 Å². The molecule has 108 valence electrons. The second-order valence-electron chi connectivity index (χ2n) is 5.39. The first-order valence-corrected chi connectivity index (χ1v) is 6.39. The van der Waals surface area contributed by atoms with Crippen LogP contribution in [-0.2, 0) is 9.59 Å². The van der Waals surface area contributed by atoms with Crippen LogP contribution in [0.2, 0.25) is 0 Å². The van der Waals surface area contributed by atoms with Gasteiger partial charge >= 0.3 is 12.1 Å². The Balaban J connectivity index is 1.75. The van der Waals surface area contributed by atoms with Crippen LogP contribution < -0.4 is 5.32 Å². The number of hydrogen-bond donors (Lipinski definition) is 2. The number of rotatable bonds is 3. The van der Waals surface area contributed by atoms with Gasteiger partial charge in [0, 0.05) is 6.04 Å². The maximum Gasteiger partial charge on any atom is 0.391 e. The molecule has 0 aromatic carbocycles. The predicted octanol–water partition coefficient (Wildman–Crippen LogP) is 1.94. The number of amides is 1. The predicted molar refractivity (Wildman–Crippen MR) is 59.2 cm³/mol. The second-order valence-corrected chi connectivity index (χ2v) is 5.39. The number of aliphatic carboxylic acids is 1. The first-order valence-electron chi connectivity index (χ1n) is 6.39. The van der Waals surface area contributed by atoms with Crippen LogP contribution in [0.15, 0.2) is 0 Å². The molecule has 1 amide bonds. The average Bonchev–Trinajstić information content (AvgIpc) is 3.08. The van der Waals surface area contributed by atoms with Crippen molar-refractivity contribution in [2.75, 3.05) is 0 Å².